The molecule has 0 N–H and O–H groups in total. The molecule has 3 rings (SSSR count). The van der Waals surface area contributed by atoms with Gasteiger partial charge >= 0.3 is 0 Å². The van der Waals surface area contributed by atoms with Gasteiger partial charge in [0.1, 0.15) is 11.9 Å². The number of hydrogen-bond donors (Lipinski definition) is 0. The van der Waals surface area contributed by atoms with E-state index in [9.17, 15) is 5.26 Å². The first-order valence-electron chi connectivity index (χ1n) is 8.27. The summed E-state index contributed by atoms with van der Waals surface area (Å²) < 4.78 is 0. The molecule has 2 saturated heterocycles. The lowest BCUT2D eigenvalue weighted by Crippen LogP contribution is -2.47. The molecule has 22 heavy (non-hydrogen) atoms. The van der Waals surface area contributed by atoms with Crippen LogP contribution in [0.1, 0.15) is 18.4 Å². The van der Waals surface area contributed by atoms with E-state index >= 15 is 0 Å². The molecule has 1 aromatic heterocycles. The van der Waals surface area contributed by atoms with Gasteiger partial charge in [-0.1, -0.05) is 0 Å². The molecule has 5 nitrogen and oxygen atoms in total. The zero-order valence-electron chi connectivity index (χ0n) is 13.4. The van der Waals surface area contributed by atoms with Crippen LogP contribution in [-0.4, -0.2) is 67.6 Å². The Morgan fingerprint density at radius 2 is 1.91 bits per heavy atom. The second-order valence-electron chi connectivity index (χ2n) is 6.52. The molecule has 0 radical (unpaired) electrons. The summed E-state index contributed by atoms with van der Waals surface area (Å²) in [5, 5.41) is 9.21. The minimum Gasteiger partial charge on any atom is -0.356 e. The lowest BCUT2D eigenvalue weighted by Gasteiger charge is -2.38. The molecule has 5 heteroatoms. The van der Waals surface area contributed by atoms with Gasteiger partial charge in [-0.2, -0.15) is 5.26 Å². The van der Waals surface area contributed by atoms with Crippen molar-refractivity contribution >= 4 is 5.82 Å². The van der Waals surface area contributed by atoms with E-state index in [1.54, 1.807) is 6.20 Å². The van der Waals surface area contributed by atoms with Crippen molar-refractivity contribution in [3.05, 3.63) is 23.9 Å². The van der Waals surface area contributed by atoms with Gasteiger partial charge < -0.3 is 14.7 Å². The van der Waals surface area contributed by atoms with E-state index in [-0.39, 0.29) is 0 Å². The highest BCUT2D eigenvalue weighted by Crippen LogP contribution is 2.24. The lowest BCUT2D eigenvalue weighted by molar-refractivity contribution is 0.129. The molecule has 0 aliphatic carbocycles. The molecule has 0 atom stereocenters. The van der Waals surface area contributed by atoms with Gasteiger partial charge in [0.2, 0.25) is 0 Å². The number of piperidine rings is 1. The topological polar surface area (TPSA) is 46.4 Å². The smallest absolute Gasteiger partial charge is 0.146 e. The highest BCUT2D eigenvalue weighted by Gasteiger charge is 2.24. The van der Waals surface area contributed by atoms with Crippen molar-refractivity contribution in [1.82, 2.24) is 14.8 Å². The fraction of sp³-hybridized carbons (Fsp3) is 0.647. The van der Waals surface area contributed by atoms with E-state index in [1.807, 2.05) is 12.1 Å². The molecule has 118 valence electrons. The molecular weight excluding hydrogens is 274 g/mol. The molecule has 0 amide bonds. The summed E-state index contributed by atoms with van der Waals surface area (Å²) in [5.41, 5.74) is 0.694. The van der Waals surface area contributed by atoms with Crippen molar-refractivity contribution < 1.29 is 0 Å². The average molecular weight is 299 g/mol. The summed E-state index contributed by atoms with van der Waals surface area (Å²) in [4.78, 5) is 11.7. The van der Waals surface area contributed by atoms with Crippen molar-refractivity contribution in [2.75, 3.05) is 57.8 Å². The number of rotatable bonds is 3. The van der Waals surface area contributed by atoms with Gasteiger partial charge in [0.15, 0.2) is 0 Å². The van der Waals surface area contributed by atoms with Crippen molar-refractivity contribution in [3.63, 3.8) is 0 Å². The second kappa shape index (κ2) is 7.08. The Morgan fingerprint density at radius 1 is 1.18 bits per heavy atom. The molecule has 0 saturated carbocycles. The first kappa shape index (κ1) is 15.3. The van der Waals surface area contributed by atoms with Crippen LogP contribution in [0.4, 0.5) is 5.82 Å². The van der Waals surface area contributed by atoms with Crippen LogP contribution in [0.25, 0.3) is 0 Å². The van der Waals surface area contributed by atoms with E-state index in [2.05, 4.69) is 32.8 Å². The predicted octanol–water partition coefficient (Wildman–Crippen LogP) is 1.42. The number of piperazine rings is 1. The quantitative estimate of drug-likeness (QED) is 0.844. The van der Waals surface area contributed by atoms with Crippen molar-refractivity contribution in [1.29, 1.82) is 5.26 Å². The summed E-state index contributed by atoms with van der Waals surface area (Å²) in [7, 11) is 2.20. The van der Waals surface area contributed by atoms with Gasteiger partial charge in [0.25, 0.3) is 0 Å². The van der Waals surface area contributed by atoms with E-state index in [0.29, 0.717) is 5.56 Å². The molecule has 1 aromatic rings. The third-order valence-corrected chi connectivity index (χ3v) is 4.93. The normalized spacial score (nSPS) is 21.7. The number of nitriles is 1. The Labute approximate surface area is 133 Å². The Balaban J connectivity index is 1.51. The lowest BCUT2D eigenvalue weighted by atomic mass is 9.95. The molecule has 0 unspecified atom stereocenters. The predicted molar refractivity (Wildman–Crippen MR) is 87.8 cm³/mol. The van der Waals surface area contributed by atoms with Gasteiger partial charge in [-0.05, 0) is 37.9 Å². The first-order chi connectivity index (χ1) is 10.8. The molecule has 0 spiro atoms. The number of aromatic nitrogens is 1. The molecule has 2 aliphatic rings. The maximum absolute atomic E-state index is 9.21. The standard InChI is InChI=1S/C17H25N5/c1-20-9-11-21(12-10-20)14-15-4-7-22(8-5-15)17-16(13-18)3-2-6-19-17/h2-3,6,15H,4-5,7-12,14H2,1H3. The summed E-state index contributed by atoms with van der Waals surface area (Å²) in [6, 6.07) is 5.95. The molecule has 0 bridgehead atoms. The van der Waals surface area contributed by atoms with Crippen LogP contribution in [0.2, 0.25) is 0 Å². The maximum atomic E-state index is 9.21. The van der Waals surface area contributed by atoms with E-state index in [1.165, 1.54) is 45.6 Å². The van der Waals surface area contributed by atoms with E-state index in [4.69, 9.17) is 0 Å². The zero-order chi connectivity index (χ0) is 15.4. The highest BCUT2D eigenvalue weighted by atomic mass is 15.2. The Kier molecular flexibility index (Phi) is 4.91. The van der Waals surface area contributed by atoms with Gasteiger partial charge in [-0.3, -0.25) is 0 Å². The minimum absolute atomic E-state index is 0.694. The SMILES string of the molecule is CN1CCN(CC2CCN(c3ncccc3C#N)CC2)CC1. The van der Waals surface area contributed by atoms with Crippen LogP contribution in [0.15, 0.2) is 18.3 Å². The molecule has 0 aromatic carbocycles. The number of likely N-dealkylation sites (N-methyl/N-ethyl adjacent to an activating group) is 1. The van der Waals surface area contributed by atoms with Gasteiger partial charge in [-0.15, -0.1) is 0 Å². The van der Waals surface area contributed by atoms with Crippen molar-refractivity contribution in [2.45, 2.75) is 12.8 Å². The monoisotopic (exact) mass is 299 g/mol. The summed E-state index contributed by atoms with van der Waals surface area (Å²) >= 11 is 0. The van der Waals surface area contributed by atoms with Crippen LogP contribution in [-0.2, 0) is 0 Å². The summed E-state index contributed by atoms with van der Waals surface area (Å²) in [5.74, 6) is 1.65. The minimum atomic E-state index is 0.694. The highest BCUT2D eigenvalue weighted by molar-refractivity contribution is 5.53. The Morgan fingerprint density at radius 3 is 2.59 bits per heavy atom. The Bertz CT molecular complexity index is 522. The largest absolute Gasteiger partial charge is 0.356 e. The third kappa shape index (κ3) is 3.57. The van der Waals surface area contributed by atoms with Crippen molar-refractivity contribution in [3.8, 4) is 6.07 Å². The number of nitrogens with zero attached hydrogens (tertiary/aromatic N) is 5. The molecule has 3 heterocycles. The van der Waals surface area contributed by atoms with E-state index in [0.717, 1.165) is 24.8 Å². The average Bonchev–Trinajstić information content (AvgIpc) is 2.58. The van der Waals surface area contributed by atoms with Crippen LogP contribution in [0.5, 0.6) is 0 Å². The first-order valence-corrected chi connectivity index (χ1v) is 8.27. The van der Waals surface area contributed by atoms with Crippen LogP contribution in [0, 0.1) is 17.2 Å². The maximum Gasteiger partial charge on any atom is 0.146 e. The number of pyridine rings is 1. The van der Waals surface area contributed by atoms with Gasteiger partial charge in [0.05, 0.1) is 5.56 Å². The fourth-order valence-electron chi connectivity index (χ4n) is 3.46. The second-order valence-corrected chi connectivity index (χ2v) is 6.52. The molecule has 2 aliphatic heterocycles. The van der Waals surface area contributed by atoms with Crippen LogP contribution in [0.3, 0.4) is 0 Å². The van der Waals surface area contributed by atoms with Crippen molar-refractivity contribution in [2.24, 2.45) is 5.92 Å². The molecular formula is C17H25N5. The fourth-order valence-corrected chi connectivity index (χ4v) is 3.46. The van der Waals surface area contributed by atoms with Gasteiger partial charge in [0, 0.05) is 52.0 Å². The van der Waals surface area contributed by atoms with Gasteiger partial charge in [-0.25, -0.2) is 4.98 Å². The number of hydrogen-bond acceptors (Lipinski definition) is 5. The number of anilines is 1. The third-order valence-electron chi connectivity index (χ3n) is 4.93. The Hall–Kier alpha value is -1.64. The summed E-state index contributed by atoms with van der Waals surface area (Å²) in [6.07, 6.45) is 4.19. The molecule has 2 fully saturated rings. The zero-order valence-corrected chi connectivity index (χ0v) is 13.4. The van der Waals surface area contributed by atoms with E-state index < -0.39 is 0 Å². The summed E-state index contributed by atoms with van der Waals surface area (Å²) in [6.45, 7) is 8.06. The van der Waals surface area contributed by atoms with Crippen LogP contribution >= 0.6 is 0 Å². The van der Waals surface area contributed by atoms with Crippen LogP contribution < -0.4 is 4.90 Å².